The highest BCUT2D eigenvalue weighted by atomic mass is 32.1. The first-order valence-electron chi connectivity index (χ1n) is 11.9. The van der Waals surface area contributed by atoms with Crippen LogP contribution in [0.25, 0.3) is 21.6 Å². The molecule has 1 aliphatic rings. The predicted octanol–water partition coefficient (Wildman–Crippen LogP) is 6.29. The van der Waals surface area contributed by atoms with Crippen LogP contribution < -0.4 is 15.0 Å². The molecule has 34 heavy (non-hydrogen) atoms. The Morgan fingerprint density at radius 2 is 1.71 bits per heavy atom. The third-order valence-electron chi connectivity index (χ3n) is 6.30. The number of aromatic nitrogens is 2. The first kappa shape index (κ1) is 22.7. The maximum absolute atomic E-state index is 13.0. The van der Waals surface area contributed by atoms with E-state index in [0.29, 0.717) is 24.8 Å². The number of nitrogens with one attached hydrogen (secondary N) is 1. The van der Waals surface area contributed by atoms with Gasteiger partial charge in [0.2, 0.25) is 0 Å². The van der Waals surface area contributed by atoms with Gasteiger partial charge in [0, 0.05) is 4.88 Å². The summed E-state index contributed by atoms with van der Waals surface area (Å²) in [4.78, 5) is 22.9. The molecule has 5 rings (SSSR count). The van der Waals surface area contributed by atoms with Crippen molar-refractivity contribution in [2.24, 2.45) is 0 Å². The van der Waals surface area contributed by atoms with Crippen LogP contribution in [0.1, 0.15) is 49.6 Å². The van der Waals surface area contributed by atoms with E-state index in [-0.39, 0.29) is 11.0 Å². The average molecular weight is 475 g/mol. The molecule has 0 amide bonds. The van der Waals surface area contributed by atoms with E-state index < -0.39 is 0 Å². The summed E-state index contributed by atoms with van der Waals surface area (Å²) in [5.41, 5.74) is 3.31. The molecule has 1 aliphatic carbocycles. The smallest absolute Gasteiger partial charge is 0.260 e. The van der Waals surface area contributed by atoms with Crippen LogP contribution in [0.15, 0.2) is 53.3 Å². The highest BCUT2D eigenvalue weighted by Crippen LogP contribution is 2.35. The van der Waals surface area contributed by atoms with Gasteiger partial charge in [-0.3, -0.25) is 4.79 Å². The van der Waals surface area contributed by atoms with E-state index in [0.717, 1.165) is 40.8 Å². The summed E-state index contributed by atoms with van der Waals surface area (Å²) in [6.45, 7) is 7.39. The zero-order chi connectivity index (χ0) is 23.7. The van der Waals surface area contributed by atoms with Crippen molar-refractivity contribution < 1.29 is 9.47 Å². The summed E-state index contributed by atoms with van der Waals surface area (Å²) < 4.78 is 11.9. The van der Waals surface area contributed by atoms with Crippen molar-refractivity contribution in [1.29, 1.82) is 0 Å². The summed E-state index contributed by atoms with van der Waals surface area (Å²) in [6.07, 6.45) is 4.34. The Balaban J connectivity index is 1.30. The minimum Gasteiger partial charge on any atom is -0.490 e. The number of nitrogens with zero attached hydrogens (tertiary/aromatic N) is 1. The van der Waals surface area contributed by atoms with Crippen LogP contribution in [-0.2, 0) is 18.3 Å². The van der Waals surface area contributed by atoms with Gasteiger partial charge >= 0.3 is 0 Å². The minimum atomic E-state index is -0.0590. The number of aryl methyl sites for hydroxylation is 2. The number of fused-ring (bicyclic) bond motifs is 3. The monoisotopic (exact) mass is 474 g/mol. The fourth-order valence-corrected chi connectivity index (χ4v) is 5.70. The highest BCUT2D eigenvalue weighted by Gasteiger charge is 2.21. The largest absolute Gasteiger partial charge is 0.490 e. The second-order valence-electron chi connectivity index (χ2n) is 9.77. The van der Waals surface area contributed by atoms with Crippen molar-refractivity contribution in [2.75, 3.05) is 13.2 Å². The molecule has 0 atom stereocenters. The SMILES string of the molecule is CC(C)(C)c1ccc(OCCOc2ccccc2-c2nc3sc4c(c3c(=O)[nH]2)CCCC4)cc1. The average Bonchev–Trinajstić information content (AvgIpc) is 3.21. The molecule has 5 nitrogen and oxygen atoms in total. The minimum absolute atomic E-state index is 0.0590. The molecule has 0 fully saturated rings. The molecular weight excluding hydrogens is 444 g/mol. The number of thiophene rings is 1. The first-order valence-corrected chi connectivity index (χ1v) is 12.7. The zero-order valence-corrected chi connectivity index (χ0v) is 20.8. The van der Waals surface area contributed by atoms with Gasteiger partial charge in [0.05, 0.1) is 10.9 Å². The Kier molecular flexibility index (Phi) is 6.17. The Morgan fingerprint density at radius 1 is 0.971 bits per heavy atom. The van der Waals surface area contributed by atoms with Gasteiger partial charge in [-0.05, 0) is 66.5 Å². The van der Waals surface area contributed by atoms with Gasteiger partial charge in [-0.2, -0.15) is 0 Å². The van der Waals surface area contributed by atoms with Crippen molar-refractivity contribution in [3.05, 3.63) is 74.9 Å². The van der Waals surface area contributed by atoms with Crippen LogP contribution in [-0.4, -0.2) is 23.2 Å². The van der Waals surface area contributed by atoms with Crippen LogP contribution in [0.2, 0.25) is 0 Å². The predicted molar refractivity (Wildman–Crippen MR) is 138 cm³/mol. The molecular formula is C28H30N2O3S. The molecule has 4 aromatic rings. The van der Waals surface area contributed by atoms with Crippen LogP contribution >= 0.6 is 11.3 Å². The lowest BCUT2D eigenvalue weighted by atomic mass is 9.87. The Bertz CT molecular complexity index is 1360. The molecule has 0 spiro atoms. The van der Waals surface area contributed by atoms with Crippen LogP contribution in [0, 0.1) is 0 Å². The molecule has 0 bridgehead atoms. The van der Waals surface area contributed by atoms with E-state index in [1.165, 1.54) is 22.4 Å². The van der Waals surface area contributed by atoms with E-state index in [1.54, 1.807) is 11.3 Å². The first-order chi connectivity index (χ1) is 16.4. The quantitative estimate of drug-likeness (QED) is 0.334. The molecule has 2 aromatic carbocycles. The van der Waals surface area contributed by atoms with E-state index in [1.807, 2.05) is 36.4 Å². The number of para-hydroxylation sites is 1. The summed E-state index contributed by atoms with van der Waals surface area (Å²) in [6, 6.07) is 15.9. The van der Waals surface area contributed by atoms with Gasteiger partial charge in [0.1, 0.15) is 35.4 Å². The summed E-state index contributed by atoms with van der Waals surface area (Å²) in [7, 11) is 0. The molecule has 6 heteroatoms. The van der Waals surface area contributed by atoms with Crippen molar-refractivity contribution in [2.45, 2.75) is 51.9 Å². The molecule has 0 unspecified atom stereocenters. The zero-order valence-electron chi connectivity index (χ0n) is 19.9. The lowest BCUT2D eigenvalue weighted by Gasteiger charge is -2.19. The maximum atomic E-state index is 13.0. The summed E-state index contributed by atoms with van der Waals surface area (Å²) in [5.74, 6) is 2.05. The van der Waals surface area contributed by atoms with Gasteiger partial charge in [0.25, 0.3) is 5.56 Å². The molecule has 0 radical (unpaired) electrons. The lowest BCUT2D eigenvalue weighted by molar-refractivity contribution is 0.217. The van der Waals surface area contributed by atoms with Crippen LogP contribution in [0.3, 0.4) is 0 Å². The van der Waals surface area contributed by atoms with Gasteiger partial charge < -0.3 is 14.5 Å². The number of rotatable bonds is 6. The third kappa shape index (κ3) is 4.60. The number of benzene rings is 2. The van der Waals surface area contributed by atoms with Crippen molar-refractivity contribution in [3.63, 3.8) is 0 Å². The number of H-pyrrole nitrogens is 1. The van der Waals surface area contributed by atoms with Crippen LogP contribution in [0.5, 0.6) is 11.5 Å². The second-order valence-corrected chi connectivity index (χ2v) is 10.9. The maximum Gasteiger partial charge on any atom is 0.260 e. The molecule has 1 N–H and O–H groups in total. The van der Waals surface area contributed by atoms with E-state index in [9.17, 15) is 4.79 Å². The normalized spacial score (nSPS) is 13.6. The van der Waals surface area contributed by atoms with Gasteiger partial charge in [-0.15, -0.1) is 11.3 Å². The fourth-order valence-electron chi connectivity index (χ4n) is 4.44. The van der Waals surface area contributed by atoms with E-state index in [2.05, 4.69) is 37.9 Å². The Hall–Kier alpha value is -3.12. The Morgan fingerprint density at radius 3 is 2.50 bits per heavy atom. The molecule has 2 heterocycles. The van der Waals surface area contributed by atoms with Gasteiger partial charge in [0.15, 0.2) is 0 Å². The number of ether oxygens (including phenoxy) is 2. The third-order valence-corrected chi connectivity index (χ3v) is 7.48. The standard InChI is InChI=1S/C28H30N2O3S/c1-28(2,3)18-12-14-19(15-13-18)32-16-17-33-22-10-6-4-8-20(22)25-29-26(31)24-21-9-5-7-11-23(21)34-27(24)30-25/h4,6,8,10,12-15H,5,7,9,11,16-17H2,1-3H3,(H,29,30,31). The molecule has 176 valence electrons. The van der Waals surface area contributed by atoms with Gasteiger partial charge in [-0.25, -0.2) is 4.98 Å². The number of hydrogen-bond acceptors (Lipinski definition) is 5. The molecule has 0 saturated carbocycles. The second kappa shape index (κ2) is 9.26. The fraction of sp³-hybridized carbons (Fsp3) is 0.357. The topological polar surface area (TPSA) is 64.2 Å². The highest BCUT2D eigenvalue weighted by molar-refractivity contribution is 7.18. The van der Waals surface area contributed by atoms with E-state index >= 15 is 0 Å². The van der Waals surface area contributed by atoms with Crippen molar-refractivity contribution in [3.8, 4) is 22.9 Å². The van der Waals surface area contributed by atoms with Gasteiger partial charge in [-0.1, -0.05) is 45.0 Å². The summed E-state index contributed by atoms with van der Waals surface area (Å²) in [5, 5.41) is 0.771. The molecule has 2 aromatic heterocycles. The number of aromatic amines is 1. The van der Waals surface area contributed by atoms with E-state index in [4.69, 9.17) is 14.5 Å². The lowest BCUT2D eigenvalue weighted by Crippen LogP contribution is -2.13. The van der Waals surface area contributed by atoms with Crippen molar-refractivity contribution in [1.82, 2.24) is 9.97 Å². The van der Waals surface area contributed by atoms with Crippen molar-refractivity contribution >= 4 is 21.6 Å². The Labute approximate surface area is 203 Å². The molecule has 0 saturated heterocycles. The summed E-state index contributed by atoms with van der Waals surface area (Å²) >= 11 is 1.66. The van der Waals surface area contributed by atoms with Crippen LogP contribution in [0.4, 0.5) is 0 Å². The number of hydrogen-bond donors (Lipinski definition) is 1. The molecule has 0 aliphatic heterocycles.